The number of likely N-dealkylation sites (N-methyl/N-ethyl adjacent to an activating group) is 1. The number of hydrogen-bond acceptors (Lipinski definition) is 9. The monoisotopic (exact) mass is 588 g/mol. The molecule has 2 fully saturated rings. The van der Waals surface area contributed by atoms with Gasteiger partial charge in [-0.15, -0.1) is 0 Å². The van der Waals surface area contributed by atoms with Gasteiger partial charge in [0.15, 0.2) is 5.83 Å². The Hall–Kier alpha value is -4.08. The van der Waals surface area contributed by atoms with Gasteiger partial charge in [-0.2, -0.15) is 15.2 Å². The maximum absolute atomic E-state index is 13.8. The number of ether oxygens (including phenoxy) is 1. The molecule has 0 aliphatic carbocycles. The van der Waals surface area contributed by atoms with Crippen LogP contribution < -0.4 is 15.0 Å². The van der Waals surface area contributed by atoms with Crippen molar-refractivity contribution >= 4 is 23.3 Å². The molecule has 1 N–H and O–H groups in total. The van der Waals surface area contributed by atoms with E-state index in [-0.39, 0.29) is 18.9 Å². The van der Waals surface area contributed by atoms with E-state index in [1.807, 2.05) is 12.1 Å². The van der Waals surface area contributed by atoms with Crippen molar-refractivity contribution in [2.24, 2.45) is 0 Å². The number of piperazine rings is 1. The van der Waals surface area contributed by atoms with Crippen molar-refractivity contribution in [2.45, 2.75) is 63.8 Å². The van der Waals surface area contributed by atoms with Crippen molar-refractivity contribution in [1.29, 1.82) is 5.26 Å². The van der Waals surface area contributed by atoms with Crippen molar-refractivity contribution in [3.63, 3.8) is 0 Å². The molecule has 2 amide bonds. The third kappa shape index (κ3) is 6.05. The van der Waals surface area contributed by atoms with Gasteiger partial charge in [-0.25, -0.2) is 4.39 Å². The number of likely N-dealkylation sites (tertiary alicyclic amines) is 1. The van der Waals surface area contributed by atoms with Crippen LogP contribution in [0.5, 0.6) is 6.01 Å². The van der Waals surface area contributed by atoms with E-state index >= 15 is 0 Å². The van der Waals surface area contributed by atoms with Gasteiger partial charge in [0.2, 0.25) is 5.91 Å². The summed E-state index contributed by atoms with van der Waals surface area (Å²) in [5.41, 5.74) is 5.11. The van der Waals surface area contributed by atoms with E-state index < -0.39 is 17.8 Å². The van der Waals surface area contributed by atoms with Gasteiger partial charge >= 0.3 is 6.01 Å². The van der Waals surface area contributed by atoms with Crippen molar-refractivity contribution in [2.75, 3.05) is 50.1 Å². The number of anilines is 2. The predicted octanol–water partition coefficient (Wildman–Crippen LogP) is 2.76. The molecule has 1 aromatic carbocycles. The number of carbonyl (C=O) groups excluding carboxylic acids is 2. The van der Waals surface area contributed by atoms with Gasteiger partial charge in [0.05, 0.1) is 24.2 Å². The highest BCUT2D eigenvalue weighted by atomic mass is 19.1. The summed E-state index contributed by atoms with van der Waals surface area (Å²) in [5, 5.41) is 12.5. The molecular weight excluding hydrogens is 551 g/mol. The second-order valence-corrected chi connectivity index (χ2v) is 11.8. The van der Waals surface area contributed by atoms with Gasteiger partial charge in [-0.3, -0.25) is 14.5 Å². The number of benzene rings is 1. The number of carbonyl (C=O) groups is 2. The maximum Gasteiger partial charge on any atom is 0.318 e. The lowest BCUT2D eigenvalue weighted by Gasteiger charge is -2.41. The summed E-state index contributed by atoms with van der Waals surface area (Å²) < 4.78 is 20.0. The Balaban J connectivity index is 1.26. The third-order valence-corrected chi connectivity index (χ3v) is 9.03. The van der Waals surface area contributed by atoms with E-state index in [1.54, 1.807) is 0 Å². The van der Waals surface area contributed by atoms with Crippen LogP contribution >= 0.6 is 0 Å². The number of nitrogens with one attached hydrogen (secondary N) is 1. The highest BCUT2D eigenvalue weighted by Gasteiger charge is 2.36. The average Bonchev–Trinajstić information content (AvgIpc) is 3.60. The first-order valence-electron chi connectivity index (χ1n) is 14.9. The second kappa shape index (κ2) is 12.3. The molecule has 43 heavy (non-hydrogen) atoms. The molecule has 0 radical (unpaired) electrons. The highest BCUT2D eigenvalue weighted by Crippen LogP contribution is 2.35. The van der Waals surface area contributed by atoms with Crippen LogP contribution in [0.25, 0.3) is 0 Å². The average molecular weight is 589 g/mol. The van der Waals surface area contributed by atoms with Crippen LogP contribution in [0.3, 0.4) is 0 Å². The molecule has 4 aliphatic heterocycles. The molecule has 12 heteroatoms. The normalized spacial score (nSPS) is 22.1. The van der Waals surface area contributed by atoms with Gasteiger partial charge < -0.3 is 24.8 Å². The number of rotatable bonds is 8. The number of hydrogen-bond donors (Lipinski definition) is 1. The van der Waals surface area contributed by atoms with E-state index in [2.05, 4.69) is 45.8 Å². The highest BCUT2D eigenvalue weighted by molar-refractivity contribution is 5.94. The standard InChI is InChI=1S/C31H37FN8O3/c1-20(32)30(42)40-14-13-39(16-22(40)10-11-33)29-25-17-38(15-21-5-3-7-26-24(21)8-9-28(41)34-26)18-27(25)35-31(36-29)43-19-23-6-4-12-37(23)2/h3,5,7,22-23H,1,4,6,8-10,12-19H2,2H3,(H,34,41)/t22-,23-/m0/s1. The van der Waals surface area contributed by atoms with Crippen LogP contribution in [-0.2, 0) is 35.6 Å². The Kier molecular flexibility index (Phi) is 8.27. The Morgan fingerprint density at radius 3 is 2.81 bits per heavy atom. The van der Waals surface area contributed by atoms with E-state index in [0.29, 0.717) is 64.2 Å². The summed E-state index contributed by atoms with van der Waals surface area (Å²) in [6.07, 6.45) is 3.46. The zero-order valence-electron chi connectivity index (χ0n) is 24.5. The van der Waals surface area contributed by atoms with Crippen molar-refractivity contribution < 1.29 is 18.7 Å². The fourth-order valence-corrected chi connectivity index (χ4v) is 6.72. The first kappa shape index (κ1) is 29.0. The Morgan fingerprint density at radius 1 is 1.19 bits per heavy atom. The molecule has 4 aliphatic rings. The summed E-state index contributed by atoms with van der Waals surface area (Å²) in [4.78, 5) is 42.3. The number of nitrogens with zero attached hydrogens (tertiary/aromatic N) is 7. The molecule has 2 saturated heterocycles. The number of fused-ring (bicyclic) bond motifs is 2. The SMILES string of the molecule is C=C(F)C(=O)N1CCN(c2nc(OC[C@@H]3CCCN3C)nc3c2CN(Cc2cccc4c2CCC(=O)N4)C3)C[C@@H]1CC#N. The van der Waals surface area contributed by atoms with E-state index in [1.165, 1.54) is 16.0 Å². The van der Waals surface area contributed by atoms with Crippen LogP contribution in [0.4, 0.5) is 15.9 Å². The van der Waals surface area contributed by atoms with Crippen molar-refractivity contribution in [1.82, 2.24) is 24.7 Å². The summed E-state index contributed by atoms with van der Waals surface area (Å²) in [5.74, 6) is -1.02. The first-order chi connectivity index (χ1) is 20.8. The fourth-order valence-electron chi connectivity index (χ4n) is 6.72. The van der Waals surface area contributed by atoms with Crippen LogP contribution in [0, 0.1) is 11.3 Å². The van der Waals surface area contributed by atoms with Crippen LogP contribution in [0.1, 0.15) is 48.1 Å². The molecular formula is C31H37FN8O3. The van der Waals surface area contributed by atoms with Gasteiger partial charge in [0.25, 0.3) is 5.91 Å². The molecule has 2 aromatic rings. The minimum atomic E-state index is -1.02. The Morgan fingerprint density at radius 2 is 2.05 bits per heavy atom. The molecule has 226 valence electrons. The Bertz CT molecular complexity index is 1480. The number of halogens is 1. The summed E-state index contributed by atoms with van der Waals surface area (Å²) in [6.45, 7) is 7.66. The molecule has 5 heterocycles. The van der Waals surface area contributed by atoms with Crippen LogP contribution in [0.2, 0.25) is 0 Å². The van der Waals surface area contributed by atoms with Crippen LogP contribution in [-0.4, -0.2) is 88.4 Å². The molecule has 11 nitrogen and oxygen atoms in total. The molecule has 0 unspecified atom stereocenters. The number of amides is 2. The quantitative estimate of drug-likeness (QED) is 0.465. The largest absolute Gasteiger partial charge is 0.462 e. The molecule has 6 rings (SSSR count). The van der Waals surface area contributed by atoms with Gasteiger partial charge in [0.1, 0.15) is 12.4 Å². The predicted molar refractivity (Wildman–Crippen MR) is 158 cm³/mol. The summed E-state index contributed by atoms with van der Waals surface area (Å²) in [6, 6.07) is 8.32. The van der Waals surface area contributed by atoms with Crippen molar-refractivity contribution in [3.8, 4) is 12.1 Å². The topological polar surface area (TPSA) is 118 Å². The van der Waals surface area contributed by atoms with Crippen LogP contribution in [0.15, 0.2) is 30.6 Å². The lowest BCUT2D eigenvalue weighted by molar-refractivity contribution is -0.131. The molecule has 0 saturated carbocycles. The Labute approximate surface area is 250 Å². The number of aromatic nitrogens is 2. The minimum absolute atomic E-state index is 0.0433. The fraction of sp³-hybridized carbons (Fsp3) is 0.516. The number of nitriles is 1. The lowest BCUT2D eigenvalue weighted by Crippen LogP contribution is -2.55. The zero-order chi connectivity index (χ0) is 30.1. The summed E-state index contributed by atoms with van der Waals surface area (Å²) >= 11 is 0. The molecule has 0 bridgehead atoms. The zero-order valence-corrected chi connectivity index (χ0v) is 24.5. The van der Waals surface area contributed by atoms with E-state index in [0.717, 1.165) is 42.1 Å². The third-order valence-electron chi connectivity index (χ3n) is 9.03. The molecule has 2 atom stereocenters. The van der Waals surface area contributed by atoms with Gasteiger partial charge in [-0.1, -0.05) is 18.7 Å². The van der Waals surface area contributed by atoms with Gasteiger partial charge in [0, 0.05) is 63.0 Å². The minimum Gasteiger partial charge on any atom is -0.462 e. The molecule has 1 aromatic heterocycles. The van der Waals surface area contributed by atoms with E-state index in [4.69, 9.17) is 14.7 Å². The second-order valence-electron chi connectivity index (χ2n) is 11.8. The first-order valence-corrected chi connectivity index (χ1v) is 14.9. The van der Waals surface area contributed by atoms with Crippen molar-refractivity contribution in [3.05, 3.63) is 53.0 Å². The molecule has 0 spiro atoms. The van der Waals surface area contributed by atoms with E-state index in [9.17, 15) is 19.2 Å². The maximum atomic E-state index is 13.8. The van der Waals surface area contributed by atoms with Gasteiger partial charge in [-0.05, 0) is 50.0 Å². The lowest BCUT2D eigenvalue weighted by atomic mass is 9.97. The summed E-state index contributed by atoms with van der Waals surface area (Å²) in [7, 11) is 2.10. The smallest absolute Gasteiger partial charge is 0.318 e.